The molecule has 0 aromatic rings. The van der Waals surface area contributed by atoms with E-state index in [1.54, 1.807) is 0 Å². The maximum atomic E-state index is 12.3. The molecule has 1 aliphatic carbocycles. The van der Waals surface area contributed by atoms with E-state index in [0.29, 0.717) is 13.2 Å². The summed E-state index contributed by atoms with van der Waals surface area (Å²) in [6, 6.07) is 0.243. The van der Waals surface area contributed by atoms with Crippen molar-refractivity contribution in [3.05, 3.63) is 12.2 Å². The van der Waals surface area contributed by atoms with E-state index in [9.17, 15) is 4.57 Å². The molecule has 0 aromatic carbocycles. The van der Waals surface area contributed by atoms with Crippen LogP contribution in [0, 0.1) is 0 Å². The number of nitrogens with one attached hydrogen (secondary N) is 2. The van der Waals surface area contributed by atoms with E-state index in [2.05, 4.69) is 22.6 Å². The van der Waals surface area contributed by atoms with Gasteiger partial charge in [-0.05, 0) is 33.7 Å². The number of likely N-dealkylation sites (N-methyl/N-ethyl adjacent to an activating group) is 1. The van der Waals surface area contributed by atoms with Crippen molar-refractivity contribution in [1.82, 2.24) is 10.4 Å². The zero-order valence-corrected chi connectivity index (χ0v) is 11.7. The van der Waals surface area contributed by atoms with Gasteiger partial charge in [-0.25, -0.2) is 9.65 Å². The Bertz CT molecular complexity index is 286. The van der Waals surface area contributed by atoms with Crippen LogP contribution in [0.4, 0.5) is 0 Å². The number of hydrogen-bond donors (Lipinski definition) is 2. The van der Waals surface area contributed by atoms with Crippen LogP contribution in [-0.2, 0) is 13.6 Å². The van der Waals surface area contributed by atoms with Gasteiger partial charge in [-0.3, -0.25) is 9.05 Å². The molecule has 1 rings (SSSR count). The van der Waals surface area contributed by atoms with E-state index in [1.165, 1.54) is 0 Å². The second-order valence-electron chi connectivity index (χ2n) is 3.89. The van der Waals surface area contributed by atoms with Gasteiger partial charge in [0.05, 0.1) is 13.2 Å². The summed E-state index contributed by atoms with van der Waals surface area (Å²) in [5.41, 5.74) is 0. The van der Waals surface area contributed by atoms with E-state index in [0.717, 1.165) is 12.8 Å². The van der Waals surface area contributed by atoms with Gasteiger partial charge in [0, 0.05) is 12.1 Å². The van der Waals surface area contributed by atoms with Crippen LogP contribution in [-0.4, -0.2) is 32.3 Å². The smallest absolute Gasteiger partial charge is 0.312 e. The minimum Gasteiger partial charge on any atom is -0.312 e. The Balaban J connectivity index is 2.65. The highest BCUT2D eigenvalue weighted by Crippen LogP contribution is 2.44. The molecular formula is C11H23N2O3P. The molecule has 0 aliphatic heterocycles. The predicted molar refractivity (Wildman–Crippen MR) is 69.0 cm³/mol. The van der Waals surface area contributed by atoms with E-state index >= 15 is 0 Å². The average molecular weight is 262 g/mol. The van der Waals surface area contributed by atoms with Gasteiger partial charge >= 0.3 is 7.75 Å². The summed E-state index contributed by atoms with van der Waals surface area (Å²) in [6.07, 6.45) is 6.12. The quantitative estimate of drug-likeness (QED) is 0.543. The first kappa shape index (κ1) is 14.9. The van der Waals surface area contributed by atoms with Crippen molar-refractivity contribution < 1.29 is 13.6 Å². The van der Waals surface area contributed by atoms with Crippen molar-refractivity contribution in [2.24, 2.45) is 0 Å². The first-order valence-electron chi connectivity index (χ1n) is 6.16. The largest absolute Gasteiger partial charge is 0.405 e. The topological polar surface area (TPSA) is 59.6 Å². The SMILES string of the molecule is CCOP(=O)(N[C@H]1CCC=CC1NC)OCC. The zero-order chi connectivity index (χ0) is 12.7. The van der Waals surface area contributed by atoms with Crippen molar-refractivity contribution in [2.45, 2.75) is 38.8 Å². The second kappa shape index (κ2) is 7.29. The summed E-state index contributed by atoms with van der Waals surface area (Å²) < 4.78 is 22.8. The highest BCUT2D eigenvalue weighted by Gasteiger charge is 2.31. The molecular weight excluding hydrogens is 239 g/mol. The Morgan fingerprint density at radius 1 is 1.35 bits per heavy atom. The fraction of sp³-hybridized carbons (Fsp3) is 0.818. The van der Waals surface area contributed by atoms with Gasteiger partial charge in [-0.2, -0.15) is 0 Å². The normalized spacial score (nSPS) is 25.1. The minimum atomic E-state index is -3.16. The van der Waals surface area contributed by atoms with E-state index in [-0.39, 0.29) is 12.1 Å². The average Bonchev–Trinajstić information content (AvgIpc) is 2.30. The Labute approximate surface area is 104 Å². The molecule has 2 N–H and O–H groups in total. The van der Waals surface area contributed by atoms with Crippen LogP contribution in [0.3, 0.4) is 0 Å². The number of hydrogen-bond acceptors (Lipinski definition) is 4. The molecule has 0 fully saturated rings. The van der Waals surface area contributed by atoms with Crippen molar-refractivity contribution in [1.29, 1.82) is 0 Å². The van der Waals surface area contributed by atoms with Gasteiger partial charge < -0.3 is 5.32 Å². The molecule has 0 saturated heterocycles. The van der Waals surface area contributed by atoms with Crippen molar-refractivity contribution >= 4 is 7.75 Å². The van der Waals surface area contributed by atoms with Crippen LogP contribution in [0.2, 0.25) is 0 Å². The fourth-order valence-electron chi connectivity index (χ4n) is 1.93. The zero-order valence-electron chi connectivity index (χ0n) is 10.8. The van der Waals surface area contributed by atoms with Gasteiger partial charge in [-0.15, -0.1) is 0 Å². The van der Waals surface area contributed by atoms with Crippen molar-refractivity contribution in [3.63, 3.8) is 0 Å². The molecule has 17 heavy (non-hydrogen) atoms. The number of allylic oxidation sites excluding steroid dienone is 1. The fourth-order valence-corrected chi connectivity index (χ4v) is 3.53. The molecule has 0 aromatic heterocycles. The Kier molecular flexibility index (Phi) is 6.38. The summed E-state index contributed by atoms with van der Waals surface area (Å²) in [5.74, 6) is 0. The molecule has 0 amide bonds. The van der Waals surface area contributed by atoms with Gasteiger partial charge in [-0.1, -0.05) is 12.2 Å². The first-order valence-corrected chi connectivity index (χ1v) is 7.70. The molecule has 0 saturated carbocycles. The van der Waals surface area contributed by atoms with Crippen LogP contribution >= 0.6 is 7.75 Å². The maximum Gasteiger partial charge on any atom is 0.405 e. The molecule has 2 atom stereocenters. The lowest BCUT2D eigenvalue weighted by Gasteiger charge is -2.31. The van der Waals surface area contributed by atoms with Crippen LogP contribution in [0.25, 0.3) is 0 Å². The third-order valence-corrected chi connectivity index (χ3v) is 4.52. The van der Waals surface area contributed by atoms with Gasteiger partial charge in [0.15, 0.2) is 0 Å². The standard InChI is InChI=1S/C11H23N2O3P/c1-4-15-17(14,16-5-2)13-11-9-7-6-8-10(11)12-3/h6,8,10-12H,4-5,7,9H2,1-3H3,(H,13,14)/t10?,11-/m0/s1. The van der Waals surface area contributed by atoms with Crippen LogP contribution in [0.15, 0.2) is 12.2 Å². The molecule has 0 radical (unpaired) electrons. The van der Waals surface area contributed by atoms with Gasteiger partial charge in [0.1, 0.15) is 0 Å². The third-order valence-electron chi connectivity index (χ3n) is 2.68. The van der Waals surface area contributed by atoms with Crippen LogP contribution in [0.1, 0.15) is 26.7 Å². The van der Waals surface area contributed by atoms with E-state index in [1.807, 2.05) is 20.9 Å². The molecule has 0 heterocycles. The Hall–Kier alpha value is -0.190. The molecule has 1 aliphatic rings. The summed E-state index contributed by atoms with van der Waals surface area (Å²) >= 11 is 0. The second-order valence-corrected chi connectivity index (χ2v) is 5.66. The number of rotatable bonds is 7. The van der Waals surface area contributed by atoms with E-state index < -0.39 is 7.75 Å². The lowest BCUT2D eigenvalue weighted by atomic mass is 9.98. The maximum absolute atomic E-state index is 12.3. The summed E-state index contributed by atoms with van der Waals surface area (Å²) in [6.45, 7) is 4.36. The van der Waals surface area contributed by atoms with Crippen LogP contribution < -0.4 is 10.4 Å². The Morgan fingerprint density at radius 3 is 2.53 bits per heavy atom. The van der Waals surface area contributed by atoms with Gasteiger partial charge in [0.2, 0.25) is 0 Å². The molecule has 5 nitrogen and oxygen atoms in total. The summed E-state index contributed by atoms with van der Waals surface area (Å²) in [5, 5.41) is 6.21. The molecule has 1 unspecified atom stereocenters. The molecule has 100 valence electrons. The Morgan fingerprint density at radius 2 is 2.00 bits per heavy atom. The summed E-state index contributed by atoms with van der Waals surface area (Å²) in [7, 11) is -1.27. The lowest BCUT2D eigenvalue weighted by Crippen LogP contribution is -2.45. The molecule has 0 bridgehead atoms. The summed E-state index contributed by atoms with van der Waals surface area (Å²) in [4.78, 5) is 0. The van der Waals surface area contributed by atoms with E-state index in [4.69, 9.17) is 9.05 Å². The highest BCUT2D eigenvalue weighted by molar-refractivity contribution is 7.51. The molecule has 6 heteroatoms. The highest BCUT2D eigenvalue weighted by atomic mass is 31.2. The van der Waals surface area contributed by atoms with Crippen molar-refractivity contribution in [3.8, 4) is 0 Å². The third kappa shape index (κ3) is 4.53. The van der Waals surface area contributed by atoms with Crippen molar-refractivity contribution in [2.75, 3.05) is 20.3 Å². The van der Waals surface area contributed by atoms with Gasteiger partial charge in [0.25, 0.3) is 0 Å². The van der Waals surface area contributed by atoms with Crippen LogP contribution in [0.5, 0.6) is 0 Å². The first-order chi connectivity index (χ1) is 8.15. The predicted octanol–water partition coefficient (Wildman–Crippen LogP) is 2.06. The minimum absolute atomic E-state index is 0.0777. The monoisotopic (exact) mass is 262 g/mol. The lowest BCUT2D eigenvalue weighted by molar-refractivity contribution is 0.203. The molecule has 0 spiro atoms.